The van der Waals surface area contributed by atoms with Crippen LogP contribution in [0.5, 0.6) is 11.5 Å². The first-order chi connectivity index (χ1) is 18.6. The van der Waals surface area contributed by atoms with E-state index >= 15 is 0 Å². The van der Waals surface area contributed by atoms with Gasteiger partial charge in [-0.15, -0.1) is 0 Å². The van der Waals surface area contributed by atoms with Crippen molar-refractivity contribution in [2.45, 2.75) is 33.6 Å². The van der Waals surface area contributed by atoms with E-state index in [4.69, 9.17) is 19.6 Å². The fraction of sp³-hybridized carbons (Fsp3) is 0.241. The van der Waals surface area contributed by atoms with Crippen LogP contribution in [-0.2, 0) is 4.79 Å². The molecule has 0 unspecified atom stereocenters. The zero-order chi connectivity index (χ0) is 28.3. The predicted molar refractivity (Wildman–Crippen MR) is 159 cm³/mol. The number of rotatable bonds is 9. The van der Waals surface area contributed by atoms with Crippen molar-refractivity contribution in [2.75, 3.05) is 13.2 Å². The molecule has 0 spiro atoms. The van der Waals surface area contributed by atoms with Crippen LogP contribution in [-0.4, -0.2) is 40.2 Å². The maximum atomic E-state index is 13.7. The molecule has 3 aromatic carbocycles. The summed E-state index contributed by atoms with van der Waals surface area (Å²) in [7, 11) is 0. The number of carboxylic acid groups (broad SMARTS) is 1. The minimum atomic E-state index is -1.08. The fourth-order valence-electron chi connectivity index (χ4n) is 4.13. The number of hydrogen-bond donors (Lipinski definition) is 1. The van der Waals surface area contributed by atoms with Crippen LogP contribution in [0.3, 0.4) is 0 Å². The smallest absolute Gasteiger partial charge is 0.341 e. The molecule has 0 aliphatic carbocycles. The molecule has 202 valence electrons. The molecular weight excluding hydrogens is 630 g/mol. The maximum absolute atomic E-state index is 13.7. The highest BCUT2D eigenvalue weighted by molar-refractivity contribution is 9.11. The van der Waals surface area contributed by atoms with Gasteiger partial charge < -0.3 is 14.6 Å². The van der Waals surface area contributed by atoms with Crippen molar-refractivity contribution in [3.8, 4) is 22.9 Å². The molecule has 1 aromatic heterocycles. The number of nitrogens with zero attached hydrogens (tertiary/aromatic N) is 3. The van der Waals surface area contributed by atoms with Crippen molar-refractivity contribution in [1.82, 2.24) is 9.66 Å². The van der Waals surface area contributed by atoms with E-state index < -0.39 is 12.6 Å². The Labute approximate surface area is 242 Å². The van der Waals surface area contributed by atoms with E-state index in [1.165, 1.54) is 4.68 Å². The molecule has 0 aliphatic rings. The van der Waals surface area contributed by atoms with Crippen molar-refractivity contribution < 1.29 is 19.4 Å². The number of aliphatic carboxylic acids is 1. The summed E-state index contributed by atoms with van der Waals surface area (Å²) >= 11 is 6.84. The maximum Gasteiger partial charge on any atom is 0.341 e. The van der Waals surface area contributed by atoms with Gasteiger partial charge in [-0.25, -0.2) is 9.78 Å². The topological polar surface area (TPSA) is 103 Å². The predicted octanol–water partition coefficient (Wildman–Crippen LogP) is 6.76. The summed E-state index contributed by atoms with van der Waals surface area (Å²) in [5.41, 5.74) is 3.62. The monoisotopic (exact) mass is 655 g/mol. The third kappa shape index (κ3) is 6.23. The van der Waals surface area contributed by atoms with Crippen LogP contribution < -0.4 is 15.0 Å². The lowest BCUT2D eigenvalue weighted by Crippen LogP contribution is -2.21. The van der Waals surface area contributed by atoms with Crippen molar-refractivity contribution in [2.24, 2.45) is 5.10 Å². The average Bonchev–Trinajstić information content (AvgIpc) is 2.87. The molecule has 0 saturated heterocycles. The highest BCUT2D eigenvalue weighted by Gasteiger charge is 2.19. The molecule has 39 heavy (non-hydrogen) atoms. The first kappa shape index (κ1) is 28.5. The second kappa shape index (κ2) is 12.1. The first-order valence-electron chi connectivity index (χ1n) is 12.3. The Morgan fingerprint density at radius 3 is 2.46 bits per heavy atom. The van der Waals surface area contributed by atoms with Gasteiger partial charge in [0, 0.05) is 5.56 Å². The lowest BCUT2D eigenvalue weighted by atomic mass is 9.96. The lowest BCUT2D eigenvalue weighted by Gasteiger charge is -2.18. The number of para-hydroxylation sites is 1. The molecule has 0 radical (unpaired) electrons. The molecular formula is C29H27Br2N3O5. The Morgan fingerprint density at radius 2 is 1.82 bits per heavy atom. The second-order valence-electron chi connectivity index (χ2n) is 9.10. The van der Waals surface area contributed by atoms with Gasteiger partial charge in [0.1, 0.15) is 11.5 Å². The molecule has 0 bridgehead atoms. The van der Waals surface area contributed by atoms with Crippen LogP contribution in [0.4, 0.5) is 0 Å². The van der Waals surface area contributed by atoms with E-state index in [0.717, 1.165) is 22.4 Å². The third-order valence-corrected chi connectivity index (χ3v) is 7.13. The van der Waals surface area contributed by atoms with Crippen LogP contribution in [0.1, 0.15) is 43.4 Å². The van der Waals surface area contributed by atoms with Crippen molar-refractivity contribution >= 4 is 54.9 Å². The summed E-state index contributed by atoms with van der Waals surface area (Å²) in [6.45, 7) is 8.16. The summed E-state index contributed by atoms with van der Waals surface area (Å²) in [6, 6.07) is 14.6. The van der Waals surface area contributed by atoms with Gasteiger partial charge in [-0.1, -0.05) is 26.0 Å². The second-order valence-corrected chi connectivity index (χ2v) is 10.8. The van der Waals surface area contributed by atoms with E-state index in [1.807, 2.05) is 38.1 Å². The first-order valence-corrected chi connectivity index (χ1v) is 13.9. The zero-order valence-electron chi connectivity index (χ0n) is 21.9. The highest BCUT2D eigenvalue weighted by Crippen LogP contribution is 2.36. The van der Waals surface area contributed by atoms with Gasteiger partial charge in [-0.2, -0.15) is 9.78 Å². The number of carboxylic acids is 1. The molecule has 4 rings (SSSR count). The summed E-state index contributed by atoms with van der Waals surface area (Å²) < 4.78 is 13.6. The number of halogens is 2. The molecule has 0 aliphatic heterocycles. The Morgan fingerprint density at radius 1 is 1.13 bits per heavy atom. The van der Waals surface area contributed by atoms with E-state index in [9.17, 15) is 9.59 Å². The Bertz CT molecular complexity index is 1620. The van der Waals surface area contributed by atoms with Gasteiger partial charge in [0.15, 0.2) is 12.4 Å². The van der Waals surface area contributed by atoms with Crippen molar-refractivity contribution in [1.29, 1.82) is 0 Å². The van der Waals surface area contributed by atoms with Crippen molar-refractivity contribution in [3.63, 3.8) is 0 Å². The van der Waals surface area contributed by atoms with E-state index in [2.05, 4.69) is 50.8 Å². The van der Waals surface area contributed by atoms with Gasteiger partial charge in [0.05, 0.1) is 32.7 Å². The standard InChI is InChI=1S/C29H27Br2N3O5/c1-5-38-25-10-17(4)21(13-20(25)16(2)3)28-33-24-9-7-6-8-19(24)29(37)34(28)32-14-18-11-22(30)27(23(31)12-18)39-15-26(35)36/h6-14,16H,5,15H2,1-4H3,(H,35,36). The summed E-state index contributed by atoms with van der Waals surface area (Å²) in [6.07, 6.45) is 1.55. The molecule has 10 heteroatoms. The van der Waals surface area contributed by atoms with Gasteiger partial charge in [-0.05, 0) is 105 Å². The molecule has 4 aromatic rings. The zero-order valence-corrected chi connectivity index (χ0v) is 25.0. The largest absolute Gasteiger partial charge is 0.494 e. The number of fused-ring (bicyclic) bond motifs is 1. The average molecular weight is 657 g/mol. The van der Waals surface area contributed by atoms with Gasteiger partial charge in [0.2, 0.25) is 0 Å². The Balaban J connectivity index is 1.88. The number of hydrogen-bond acceptors (Lipinski definition) is 6. The fourth-order valence-corrected chi connectivity index (χ4v) is 5.58. The van der Waals surface area contributed by atoms with Crippen LogP contribution >= 0.6 is 31.9 Å². The number of ether oxygens (including phenoxy) is 2. The number of aryl methyl sites for hydroxylation is 1. The summed E-state index contributed by atoms with van der Waals surface area (Å²) in [5.74, 6) is 0.682. The van der Waals surface area contributed by atoms with Crippen LogP contribution in [0.15, 0.2) is 67.4 Å². The number of aromatic nitrogens is 2. The lowest BCUT2D eigenvalue weighted by molar-refractivity contribution is -0.139. The third-order valence-electron chi connectivity index (χ3n) is 5.96. The molecule has 0 fully saturated rings. The molecule has 0 amide bonds. The van der Waals surface area contributed by atoms with Gasteiger partial charge in [0.25, 0.3) is 5.56 Å². The van der Waals surface area contributed by atoms with E-state index in [1.54, 1.807) is 30.5 Å². The van der Waals surface area contributed by atoms with Crippen LogP contribution in [0.25, 0.3) is 22.3 Å². The molecule has 0 saturated carbocycles. The Hall–Kier alpha value is -3.50. The summed E-state index contributed by atoms with van der Waals surface area (Å²) in [5, 5.41) is 14.0. The molecule has 1 heterocycles. The molecule has 8 nitrogen and oxygen atoms in total. The minimum absolute atomic E-state index is 0.187. The van der Waals surface area contributed by atoms with E-state index in [-0.39, 0.29) is 11.5 Å². The summed E-state index contributed by atoms with van der Waals surface area (Å²) in [4.78, 5) is 29.4. The van der Waals surface area contributed by atoms with Gasteiger partial charge in [-0.3, -0.25) is 4.79 Å². The van der Waals surface area contributed by atoms with Crippen molar-refractivity contribution in [3.05, 3.63) is 84.5 Å². The number of carbonyl (C=O) groups is 1. The minimum Gasteiger partial charge on any atom is -0.494 e. The quantitative estimate of drug-likeness (QED) is 0.200. The SMILES string of the molecule is CCOc1cc(C)c(-c2nc3ccccc3c(=O)n2N=Cc2cc(Br)c(OCC(=O)O)c(Br)c2)cc1C(C)C. The Kier molecular flexibility index (Phi) is 8.87. The molecule has 0 atom stereocenters. The normalized spacial score (nSPS) is 11.5. The molecule has 1 N–H and O–H groups in total. The van der Waals surface area contributed by atoms with Gasteiger partial charge >= 0.3 is 5.97 Å². The highest BCUT2D eigenvalue weighted by atomic mass is 79.9. The van der Waals surface area contributed by atoms with Crippen LogP contribution in [0, 0.1) is 6.92 Å². The van der Waals surface area contributed by atoms with Crippen LogP contribution in [0.2, 0.25) is 0 Å². The number of benzene rings is 3. The van der Waals surface area contributed by atoms with E-state index in [0.29, 0.717) is 43.6 Å².